The van der Waals surface area contributed by atoms with E-state index in [1.54, 1.807) is 6.92 Å². The number of thiophene rings is 1. The maximum absolute atomic E-state index is 11.7. The molecule has 0 fully saturated rings. The first-order valence-electron chi connectivity index (χ1n) is 6.26. The Hall–Kier alpha value is -1.87. The molecule has 0 saturated heterocycles. The minimum Gasteiger partial charge on any atom is -0.455 e. The van der Waals surface area contributed by atoms with Crippen molar-refractivity contribution >= 4 is 23.2 Å². The normalized spacial score (nSPS) is 13.3. The Bertz CT molecular complexity index is 505. The number of esters is 1. The Morgan fingerprint density at radius 1 is 1.55 bits per heavy atom. The van der Waals surface area contributed by atoms with Gasteiger partial charge in [-0.25, -0.2) is 0 Å². The first-order valence-corrected chi connectivity index (χ1v) is 7.20. The van der Waals surface area contributed by atoms with E-state index in [-0.39, 0.29) is 18.9 Å². The highest BCUT2D eigenvalue weighted by Gasteiger charge is 2.30. The molecule has 20 heavy (non-hydrogen) atoms. The molecule has 0 aliphatic carbocycles. The van der Waals surface area contributed by atoms with Crippen LogP contribution in [-0.4, -0.2) is 24.0 Å². The predicted octanol–water partition coefficient (Wildman–Crippen LogP) is 1.89. The number of nitrogens with zero attached hydrogens (tertiary/aromatic N) is 1. The van der Waals surface area contributed by atoms with Gasteiger partial charge in [0.1, 0.15) is 5.54 Å². The number of hydrogen-bond acceptors (Lipinski definition) is 5. The monoisotopic (exact) mass is 294 g/mol. The molecule has 0 bridgehead atoms. The lowest BCUT2D eigenvalue weighted by atomic mass is 9.90. The molecule has 1 rings (SSSR count). The molecule has 1 aromatic rings. The maximum Gasteiger partial charge on any atom is 0.310 e. The Morgan fingerprint density at radius 3 is 2.75 bits per heavy atom. The standard InChI is InChI=1S/C14H18N2O3S/c1-10(2)14(3,9-15)16-12(17)7-19-13(18)6-11-4-5-20-8-11/h4-5,8,10H,6-7H2,1-3H3,(H,16,17)/t14-/m0/s1. The van der Waals surface area contributed by atoms with E-state index in [1.807, 2.05) is 30.7 Å². The molecule has 0 unspecified atom stereocenters. The van der Waals surface area contributed by atoms with Gasteiger partial charge < -0.3 is 10.1 Å². The minimum atomic E-state index is -0.961. The highest BCUT2D eigenvalue weighted by Crippen LogP contribution is 2.14. The van der Waals surface area contributed by atoms with E-state index in [0.29, 0.717) is 0 Å². The Morgan fingerprint density at radius 2 is 2.25 bits per heavy atom. The molecule has 0 aromatic carbocycles. The number of amides is 1. The fraction of sp³-hybridized carbons (Fsp3) is 0.500. The number of hydrogen-bond donors (Lipinski definition) is 1. The van der Waals surface area contributed by atoms with Crippen molar-refractivity contribution in [1.82, 2.24) is 5.32 Å². The van der Waals surface area contributed by atoms with Gasteiger partial charge in [-0.2, -0.15) is 16.6 Å². The fourth-order valence-corrected chi connectivity index (χ4v) is 2.05. The quantitative estimate of drug-likeness (QED) is 0.813. The fourth-order valence-electron chi connectivity index (χ4n) is 1.38. The van der Waals surface area contributed by atoms with Crippen LogP contribution in [-0.2, 0) is 20.7 Å². The number of carbonyl (C=O) groups is 2. The van der Waals surface area contributed by atoms with Crippen LogP contribution in [0.15, 0.2) is 16.8 Å². The zero-order valence-electron chi connectivity index (χ0n) is 11.8. The zero-order valence-corrected chi connectivity index (χ0v) is 12.6. The molecule has 0 aliphatic heterocycles. The Balaban J connectivity index is 2.40. The van der Waals surface area contributed by atoms with E-state index in [0.717, 1.165) is 5.56 Å². The van der Waals surface area contributed by atoms with Gasteiger partial charge in [-0.3, -0.25) is 9.59 Å². The van der Waals surface area contributed by atoms with Gasteiger partial charge in [0.2, 0.25) is 0 Å². The largest absolute Gasteiger partial charge is 0.455 e. The summed E-state index contributed by atoms with van der Waals surface area (Å²) in [5.41, 5.74) is -0.0962. The van der Waals surface area contributed by atoms with E-state index in [4.69, 9.17) is 10.00 Å². The predicted molar refractivity (Wildman–Crippen MR) is 76.0 cm³/mol. The molecule has 0 spiro atoms. The van der Waals surface area contributed by atoms with E-state index in [1.165, 1.54) is 11.3 Å². The molecule has 0 saturated carbocycles. The number of carbonyl (C=O) groups excluding carboxylic acids is 2. The summed E-state index contributed by atoms with van der Waals surface area (Å²) in [6.07, 6.45) is 0.149. The molecule has 6 heteroatoms. The third-order valence-electron chi connectivity index (χ3n) is 3.08. The Labute approximate surface area is 122 Å². The lowest BCUT2D eigenvalue weighted by molar-refractivity contribution is -0.148. The highest BCUT2D eigenvalue weighted by molar-refractivity contribution is 7.07. The average molecular weight is 294 g/mol. The summed E-state index contributed by atoms with van der Waals surface area (Å²) in [5.74, 6) is -0.971. The maximum atomic E-state index is 11.7. The van der Waals surface area contributed by atoms with Gasteiger partial charge in [0, 0.05) is 0 Å². The summed E-state index contributed by atoms with van der Waals surface area (Å²) in [5, 5.41) is 15.4. The van der Waals surface area contributed by atoms with E-state index in [9.17, 15) is 9.59 Å². The van der Waals surface area contributed by atoms with Gasteiger partial charge >= 0.3 is 5.97 Å². The molecule has 108 valence electrons. The lowest BCUT2D eigenvalue weighted by Crippen LogP contribution is -2.50. The topological polar surface area (TPSA) is 79.2 Å². The summed E-state index contributed by atoms with van der Waals surface area (Å²) in [6.45, 7) is 4.95. The molecular weight excluding hydrogens is 276 g/mol. The smallest absolute Gasteiger partial charge is 0.310 e. The Kier molecular flexibility index (Phi) is 5.71. The van der Waals surface area contributed by atoms with Crippen LogP contribution in [0.5, 0.6) is 0 Å². The number of nitrogens with one attached hydrogen (secondary N) is 1. The van der Waals surface area contributed by atoms with Crippen LogP contribution in [0.4, 0.5) is 0 Å². The molecule has 1 amide bonds. The second kappa shape index (κ2) is 7.06. The average Bonchev–Trinajstić information content (AvgIpc) is 2.88. The van der Waals surface area contributed by atoms with Crippen molar-refractivity contribution in [3.63, 3.8) is 0 Å². The first-order chi connectivity index (χ1) is 9.37. The molecule has 5 nitrogen and oxygen atoms in total. The van der Waals surface area contributed by atoms with Crippen molar-refractivity contribution in [2.45, 2.75) is 32.7 Å². The zero-order chi connectivity index (χ0) is 15.2. The summed E-state index contributed by atoms with van der Waals surface area (Å²) in [7, 11) is 0. The molecule has 0 aliphatic rings. The van der Waals surface area contributed by atoms with Crippen molar-refractivity contribution in [2.75, 3.05) is 6.61 Å². The molecule has 0 radical (unpaired) electrons. The molecular formula is C14H18N2O3S. The molecule has 1 heterocycles. The second-order valence-corrected chi connectivity index (χ2v) is 5.77. The van der Waals surface area contributed by atoms with Crippen LogP contribution >= 0.6 is 11.3 Å². The third kappa shape index (κ3) is 4.67. The van der Waals surface area contributed by atoms with Gasteiger partial charge in [0.25, 0.3) is 5.91 Å². The van der Waals surface area contributed by atoms with Crippen molar-refractivity contribution in [3.8, 4) is 6.07 Å². The summed E-state index contributed by atoms with van der Waals surface area (Å²) in [4.78, 5) is 23.2. The van der Waals surface area contributed by atoms with E-state index >= 15 is 0 Å². The van der Waals surface area contributed by atoms with Crippen LogP contribution in [0, 0.1) is 17.2 Å². The minimum absolute atomic E-state index is 0.0436. The van der Waals surface area contributed by atoms with E-state index in [2.05, 4.69) is 11.4 Å². The molecule has 1 N–H and O–H groups in total. The summed E-state index contributed by atoms with van der Waals surface area (Å²) < 4.78 is 4.89. The number of nitriles is 1. The van der Waals surface area contributed by atoms with E-state index < -0.39 is 17.4 Å². The SMILES string of the molecule is CC(C)[C@](C)(C#N)NC(=O)COC(=O)Cc1ccsc1. The molecule has 1 aromatic heterocycles. The van der Waals surface area contributed by atoms with Crippen LogP contribution in [0.2, 0.25) is 0 Å². The lowest BCUT2D eigenvalue weighted by Gasteiger charge is -2.27. The third-order valence-corrected chi connectivity index (χ3v) is 3.81. The van der Waals surface area contributed by atoms with Crippen LogP contribution in [0.3, 0.4) is 0 Å². The first kappa shape index (κ1) is 16.2. The van der Waals surface area contributed by atoms with Gasteiger partial charge in [-0.1, -0.05) is 13.8 Å². The summed E-state index contributed by atoms with van der Waals surface area (Å²) >= 11 is 1.50. The van der Waals surface area contributed by atoms with Crippen LogP contribution in [0.25, 0.3) is 0 Å². The van der Waals surface area contributed by atoms with Crippen LogP contribution < -0.4 is 5.32 Å². The van der Waals surface area contributed by atoms with Crippen LogP contribution in [0.1, 0.15) is 26.3 Å². The summed E-state index contributed by atoms with van der Waals surface area (Å²) in [6, 6.07) is 3.89. The number of rotatable bonds is 6. The van der Waals surface area contributed by atoms with Gasteiger partial charge in [-0.05, 0) is 35.2 Å². The number of ether oxygens (including phenoxy) is 1. The van der Waals surface area contributed by atoms with Gasteiger partial charge in [0.15, 0.2) is 6.61 Å². The van der Waals surface area contributed by atoms with Crippen molar-refractivity contribution in [3.05, 3.63) is 22.4 Å². The second-order valence-electron chi connectivity index (χ2n) is 4.99. The van der Waals surface area contributed by atoms with Gasteiger partial charge in [0.05, 0.1) is 12.5 Å². The van der Waals surface area contributed by atoms with Crippen molar-refractivity contribution < 1.29 is 14.3 Å². The van der Waals surface area contributed by atoms with Gasteiger partial charge in [-0.15, -0.1) is 0 Å². The van der Waals surface area contributed by atoms with Crippen molar-refractivity contribution in [1.29, 1.82) is 5.26 Å². The highest BCUT2D eigenvalue weighted by atomic mass is 32.1. The molecule has 1 atom stereocenters. The van der Waals surface area contributed by atoms with Crippen molar-refractivity contribution in [2.24, 2.45) is 5.92 Å².